The molecule has 3 nitrogen and oxygen atoms in total. The topological polar surface area (TPSA) is 33.5 Å². The zero-order chi connectivity index (χ0) is 16.6. The molecule has 0 aliphatic carbocycles. The Kier molecular flexibility index (Phi) is 4.62. The maximum absolute atomic E-state index is 12.7. The van der Waals surface area contributed by atoms with Gasteiger partial charge in [-0.25, -0.2) is 0 Å². The van der Waals surface area contributed by atoms with E-state index < -0.39 is 0 Å². The van der Waals surface area contributed by atoms with Gasteiger partial charge in [-0.15, -0.1) is 11.6 Å². The van der Waals surface area contributed by atoms with Gasteiger partial charge in [0.05, 0.1) is 10.8 Å². The molecule has 1 atom stereocenters. The summed E-state index contributed by atoms with van der Waals surface area (Å²) in [5.74, 6) is 0.567. The second-order valence-electron chi connectivity index (χ2n) is 5.82. The van der Waals surface area contributed by atoms with Crippen LogP contribution in [0.15, 0.2) is 45.6 Å². The van der Waals surface area contributed by atoms with E-state index in [1.807, 2.05) is 25.2 Å². The van der Waals surface area contributed by atoms with Gasteiger partial charge in [0.25, 0.3) is 0 Å². The molecule has 23 heavy (non-hydrogen) atoms. The van der Waals surface area contributed by atoms with Crippen molar-refractivity contribution in [1.29, 1.82) is 0 Å². The molecule has 0 aliphatic rings. The summed E-state index contributed by atoms with van der Waals surface area (Å²) in [4.78, 5) is 14.8. The second-order valence-corrected chi connectivity index (χ2v) is 6.57. The quantitative estimate of drug-likeness (QED) is 0.507. The molecule has 0 amide bonds. The number of halogens is 2. The van der Waals surface area contributed by atoms with Crippen molar-refractivity contribution in [3.63, 3.8) is 0 Å². The average molecular weight is 350 g/mol. The predicted molar refractivity (Wildman–Crippen MR) is 96.6 cm³/mol. The molecule has 3 aromatic rings. The van der Waals surface area contributed by atoms with E-state index in [1.165, 1.54) is 0 Å². The standard InChI is InChI=1S/C18H17Cl2NO2/c1-11(9-19)21(2)10-12-3-6-16-15(7-12)18(22)14-5-4-13(20)8-17(14)23-16/h3-8,11H,9-10H2,1-2H3/t11-/m1/s1. The maximum Gasteiger partial charge on any atom is 0.200 e. The van der Waals surface area contributed by atoms with Crippen LogP contribution in [0, 0.1) is 0 Å². The number of alkyl halides is 1. The molecule has 0 unspecified atom stereocenters. The first-order valence-electron chi connectivity index (χ1n) is 7.41. The fraction of sp³-hybridized carbons (Fsp3) is 0.278. The van der Waals surface area contributed by atoms with Gasteiger partial charge >= 0.3 is 0 Å². The lowest BCUT2D eigenvalue weighted by Crippen LogP contribution is -2.29. The molecule has 3 rings (SSSR count). The van der Waals surface area contributed by atoms with Crippen LogP contribution < -0.4 is 5.43 Å². The zero-order valence-corrected chi connectivity index (χ0v) is 14.5. The highest BCUT2D eigenvalue weighted by atomic mass is 35.5. The number of nitrogens with zero attached hydrogens (tertiary/aromatic N) is 1. The largest absolute Gasteiger partial charge is 0.456 e. The third kappa shape index (κ3) is 3.23. The van der Waals surface area contributed by atoms with E-state index in [0.717, 1.165) is 12.1 Å². The molecule has 120 valence electrons. The first-order valence-corrected chi connectivity index (χ1v) is 8.32. The molecular weight excluding hydrogens is 333 g/mol. The number of benzene rings is 2. The van der Waals surface area contributed by atoms with Crippen LogP contribution in [0.25, 0.3) is 21.9 Å². The van der Waals surface area contributed by atoms with Crippen molar-refractivity contribution in [3.8, 4) is 0 Å². The number of hydrogen-bond donors (Lipinski definition) is 0. The molecule has 0 fully saturated rings. The molecule has 0 aliphatic heterocycles. The van der Waals surface area contributed by atoms with Gasteiger partial charge in [0, 0.05) is 29.6 Å². The molecule has 2 aromatic carbocycles. The van der Waals surface area contributed by atoms with Crippen LogP contribution in [-0.2, 0) is 6.54 Å². The van der Waals surface area contributed by atoms with E-state index in [-0.39, 0.29) is 11.5 Å². The van der Waals surface area contributed by atoms with Crippen molar-refractivity contribution < 1.29 is 4.42 Å². The monoisotopic (exact) mass is 349 g/mol. The minimum absolute atomic E-state index is 0.0344. The van der Waals surface area contributed by atoms with Gasteiger partial charge < -0.3 is 4.42 Å². The first-order chi connectivity index (χ1) is 11.0. The van der Waals surface area contributed by atoms with Gasteiger partial charge in [0.1, 0.15) is 11.2 Å². The number of hydrogen-bond acceptors (Lipinski definition) is 3. The SMILES string of the molecule is C[C@H](CCl)N(C)Cc1ccc2oc3cc(Cl)ccc3c(=O)c2c1. The highest BCUT2D eigenvalue weighted by Crippen LogP contribution is 2.23. The Morgan fingerprint density at radius 3 is 2.65 bits per heavy atom. The lowest BCUT2D eigenvalue weighted by Gasteiger charge is -2.22. The fourth-order valence-corrected chi connectivity index (χ4v) is 2.93. The van der Waals surface area contributed by atoms with Gasteiger partial charge in [-0.3, -0.25) is 9.69 Å². The van der Waals surface area contributed by atoms with Crippen molar-refractivity contribution >= 4 is 45.1 Å². The summed E-state index contributed by atoms with van der Waals surface area (Å²) in [6.07, 6.45) is 0. The third-order valence-electron chi connectivity index (χ3n) is 4.10. The lowest BCUT2D eigenvalue weighted by molar-refractivity contribution is 0.268. The highest BCUT2D eigenvalue weighted by molar-refractivity contribution is 6.31. The molecular formula is C18H17Cl2NO2. The van der Waals surface area contributed by atoms with Crippen LogP contribution in [0.1, 0.15) is 12.5 Å². The Morgan fingerprint density at radius 1 is 1.13 bits per heavy atom. The summed E-state index contributed by atoms with van der Waals surface area (Å²) < 4.78 is 5.82. The van der Waals surface area contributed by atoms with Crippen molar-refractivity contribution in [1.82, 2.24) is 4.90 Å². The van der Waals surface area contributed by atoms with Crippen LogP contribution in [0.2, 0.25) is 5.02 Å². The molecule has 0 N–H and O–H groups in total. The summed E-state index contributed by atoms with van der Waals surface area (Å²) >= 11 is 11.9. The second kappa shape index (κ2) is 6.52. The lowest BCUT2D eigenvalue weighted by atomic mass is 10.1. The smallest absolute Gasteiger partial charge is 0.200 e. The van der Waals surface area contributed by atoms with E-state index in [9.17, 15) is 4.79 Å². The summed E-state index contributed by atoms with van der Waals surface area (Å²) in [5.41, 5.74) is 2.10. The summed E-state index contributed by atoms with van der Waals surface area (Å²) in [6, 6.07) is 11.0. The maximum atomic E-state index is 12.7. The number of rotatable bonds is 4. The minimum atomic E-state index is -0.0344. The van der Waals surface area contributed by atoms with Crippen molar-refractivity contribution in [2.24, 2.45) is 0 Å². The Balaban J connectivity index is 2.09. The Hall–Kier alpha value is -1.55. The average Bonchev–Trinajstić information content (AvgIpc) is 2.54. The van der Waals surface area contributed by atoms with Crippen LogP contribution in [0.4, 0.5) is 0 Å². The van der Waals surface area contributed by atoms with Crippen molar-refractivity contribution in [3.05, 3.63) is 57.2 Å². The highest BCUT2D eigenvalue weighted by Gasteiger charge is 2.12. The third-order valence-corrected chi connectivity index (χ3v) is 4.79. The van der Waals surface area contributed by atoms with Crippen LogP contribution >= 0.6 is 23.2 Å². The molecule has 0 radical (unpaired) electrons. The van der Waals surface area contributed by atoms with E-state index in [2.05, 4.69) is 11.8 Å². The van der Waals surface area contributed by atoms with Crippen LogP contribution in [-0.4, -0.2) is 23.9 Å². The molecule has 0 bridgehead atoms. The van der Waals surface area contributed by atoms with E-state index in [4.69, 9.17) is 27.6 Å². The van der Waals surface area contributed by atoms with Crippen molar-refractivity contribution in [2.75, 3.05) is 12.9 Å². The summed E-state index contributed by atoms with van der Waals surface area (Å²) in [5, 5.41) is 1.68. The molecule has 1 heterocycles. The van der Waals surface area contributed by atoms with Gasteiger partial charge in [0.15, 0.2) is 0 Å². The predicted octanol–water partition coefficient (Wildman–Crippen LogP) is 4.66. The Morgan fingerprint density at radius 2 is 1.91 bits per heavy atom. The van der Waals surface area contributed by atoms with Gasteiger partial charge in [0.2, 0.25) is 5.43 Å². The molecule has 0 saturated carbocycles. The number of fused-ring (bicyclic) bond motifs is 2. The van der Waals surface area contributed by atoms with Crippen LogP contribution in [0.5, 0.6) is 0 Å². The fourth-order valence-electron chi connectivity index (χ4n) is 2.54. The van der Waals surface area contributed by atoms with Gasteiger partial charge in [-0.2, -0.15) is 0 Å². The summed E-state index contributed by atoms with van der Waals surface area (Å²) in [7, 11) is 2.02. The van der Waals surface area contributed by atoms with Crippen molar-refractivity contribution in [2.45, 2.75) is 19.5 Å². The minimum Gasteiger partial charge on any atom is -0.456 e. The van der Waals surface area contributed by atoms with Crippen LogP contribution in [0.3, 0.4) is 0 Å². The molecule has 0 spiro atoms. The van der Waals surface area contributed by atoms with Gasteiger partial charge in [-0.05, 0) is 43.8 Å². The first kappa shape index (κ1) is 16.3. The molecule has 1 aromatic heterocycles. The molecule has 5 heteroatoms. The van der Waals surface area contributed by atoms with E-state index in [0.29, 0.717) is 32.8 Å². The Bertz CT molecular complexity index is 920. The zero-order valence-electron chi connectivity index (χ0n) is 13.0. The summed E-state index contributed by atoms with van der Waals surface area (Å²) in [6.45, 7) is 2.79. The van der Waals surface area contributed by atoms with E-state index >= 15 is 0 Å². The Labute approximate surface area is 144 Å². The normalized spacial score (nSPS) is 13.1. The van der Waals surface area contributed by atoms with Gasteiger partial charge in [-0.1, -0.05) is 17.7 Å². The molecule has 0 saturated heterocycles. The van der Waals surface area contributed by atoms with E-state index in [1.54, 1.807) is 18.2 Å².